The number of nitrogens with zero attached hydrogens (tertiary/aromatic N) is 2. The maximum atomic E-state index is 15.2. The van der Waals surface area contributed by atoms with Crippen molar-refractivity contribution >= 4 is 33.5 Å². The van der Waals surface area contributed by atoms with Gasteiger partial charge >= 0.3 is 5.97 Å². The van der Waals surface area contributed by atoms with Gasteiger partial charge in [0.05, 0.1) is 25.8 Å². The van der Waals surface area contributed by atoms with Gasteiger partial charge in [0, 0.05) is 20.5 Å². The molecule has 228 valence electrons. The first kappa shape index (κ1) is 29.1. The molecule has 5 atom stereocenters. The highest BCUT2D eigenvalue weighted by molar-refractivity contribution is 9.10. The molecule has 4 aromatic carbocycles. The van der Waals surface area contributed by atoms with E-state index in [1.807, 2.05) is 30.3 Å². The van der Waals surface area contributed by atoms with Crippen LogP contribution in [0, 0.1) is 15.9 Å². The molecule has 0 aromatic heterocycles. The van der Waals surface area contributed by atoms with E-state index in [0.717, 1.165) is 5.56 Å². The largest absolute Gasteiger partial charge is 0.482 e. The number of carbonyl (C=O) groups excluding carboxylic acids is 2. The normalized spacial score (nSPS) is 26.2. The van der Waals surface area contributed by atoms with E-state index < -0.39 is 58.3 Å². The summed E-state index contributed by atoms with van der Waals surface area (Å²) >= 11 is 3.46. The van der Waals surface area contributed by atoms with Crippen LogP contribution in [0.25, 0.3) is 0 Å². The zero-order valence-electron chi connectivity index (χ0n) is 23.9. The lowest BCUT2D eigenvalue weighted by atomic mass is 9.63. The summed E-state index contributed by atoms with van der Waals surface area (Å²) < 4.78 is 34.0. The van der Waals surface area contributed by atoms with Crippen molar-refractivity contribution in [2.75, 3.05) is 12.0 Å². The van der Waals surface area contributed by atoms with Gasteiger partial charge in [-0.05, 0) is 47.5 Å². The summed E-state index contributed by atoms with van der Waals surface area (Å²) in [5.74, 6) is -3.03. The molecule has 7 rings (SSSR count). The molecule has 1 saturated heterocycles. The quantitative estimate of drug-likeness (QED) is 0.136. The number of halogens is 2. The van der Waals surface area contributed by atoms with E-state index in [9.17, 15) is 14.9 Å². The van der Waals surface area contributed by atoms with Crippen LogP contribution in [0.3, 0.4) is 0 Å². The Balaban J connectivity index is 1.55. The first-order valence-corrected chi connectivity index (χ1v) is 15.1. The van der Waals surface area contributed by atoms with Crippen LogP contribution >= 0.6 is 15.9 Å². The summed E-state index contributed by atoms with van der Waals surface area (Å²) in [6, 6.07) is 26.8. The highest BCUT2D eigenvalue weighted by Crippen LogP contribution is 2.68. The van der Waals surface area contributed by atoms with Crippen molar-refractivity contribution in [3.63, 3.8) is 0 Å². The Labute approximate surface area is 265 Å². The molecule has 3 aliphatic heterocycles. The van der Waals surface area contributed by atoms with Crippen LogP contribution in [0.15, 0.2) is 102 Å². The molecule has 0 aliphatic carbocycles. The van der Waals surface area contributed by atoms with Gasteiger partial charge in [0.1, 0.15) is 17.5 Å². The van der Waals surface area contributed by atoms with Crippen molar-refractivity contribution in [1.29, 1.82) is 0 Å². The number of hydrogen-bond acceptors (Lipinski definition) is 7. The smallest absolute Gasteiger partial charge is 0.309 e. The molecule has 3 heterocycles. The third kappa shape index (κ3) is 4.21. The fraction of sp³-hybridized carbons (Fsp3) is 0.235. The number of benzene rings is 4. The zero-order valence-corrected chi connectivity index (χ0v) is 25.5. The molecular weight excluding hydrogens is 647 g/mol. The average molecular weight is 673 g/mol. The first-order valence-electron chi connectivity index (χ1n) is 14.3. The summed E-state index contributed by atoms with van der Waals surface area (Å²) in [5, 5.41) is 13.8. The molecule has 0 N–H and O–H groups in total. The molecule has 3 aliphatic rings. The van der Waals surface area contributed by atoms with Crippen molar-refractivity contribution in [3.8, 4) is 5.75 Å². The van der Waals surface area contributed by atoms with Crippen molar-refractivity contribution in [1.82, 2.24) is 0 Å². The molecule has 0 radical (unpaired) electrons. The molecule has 1 fully saturated rings. The van der Waals surface area contributed by atoms with Gasteiger partial charge in [-0.1, -0.05) is 76.6 Å². The van der Waals surface area contributed by atoms with Gasteiger partial charge < -0.3 is 19.1 Å². The molecule has 0 saturated carbocycles. The lowest BCUT2D eigenvalue weighted by Gasteiger charge is -2.41. The monoisotopic (exact) mass is 672 g/mol. The lowest BCUT2D eigenvalue weighted by Crippen LogP contribution is -2.61. The SMILES string of the molecule is COC(=O)C[C@H]1Oc2ccc(Br)cc2[C@@H]2O[C@@]3(C(=O)N(Cc4ccccc4)c4ccc(F)cc43)[C@@H](c3ccccc3)[C@]12[N+](=O)[O-]. The second-order valence-electron chi connectivity index (χ2n) is 11.3. The second-order valence-corrected chi connectivity index (χ2v) is 12.2. The van der Waals surface area contributed by atoms with Crippen molar-refractivity contribution in [2.24, 2.45) is 0 Å². The van der Waals surface area contributed by atoms with E-state index in [-0.39, 0.29) is 17.9 Å². The Morgan fingerprint density at radius 1 is 1.04 bits per heavy atom. The molecule has 11 heteroatoms. The van der Waals surface area contributed by atoms with Gasteiger partial charge in [-0.15, -0.1) is 0 Å². The van der Waals surface area contributed by atoms with Crippen LogP contribution in [0.4, 0.5) is 10.1 Å². The summed E-state index contributed by atoms with van der Waals surface area (Å²) in [6.07, 6.45) is -3.30. The van der Waals surface area contributed by atoms with Gasteiger partial charge in [-0.25, -0.2) is 4.39 Å². The van der Waals surface area contributed by atoms with Gasteiger partial charge in [0.2, 0.25) is 0 Å². The Hall–Kier alpha value is -4.61. The zero-order chi connectivity index (χ0) is 31.5. The molecule has 4 aromatic rings. The predicted molar refractivity (Wildman–Crippen MR) is 164 cm³/mol. The van der Waals surface area contributed by atoms with Gasteiger partial charge in [-0.2, -0.15) is 0 Å². The van der Waals surface area contributed by atoms with Crippen molar-refractivity contribution < 1.29 is 33.1 Å². The maximum absolute atomic E-state index is 15.2. The number of rotatable bonds is 6. The number of methoxy groups -OCH3 is 1. The summed E-state index contributed by atoms with van der Waals surface area (Å²) in [4.78, 5) is 42.7. The van der Waals surface area contributed by atoms with Crippen LogP contribution in [0.5, 0.6) is 5.75 Å². The van der Waals surface area contributed by atoms with E-state index in [1.54, 1.807) is 48.5 Å². The van der Waals surface area contributed by atoms with Crippen molar-refractivity contribution in [3.05, 3.63) is 140 Å². The Morgan fingerprint density at radius 3 is 2.44 bits per heavy atom. The maximum Gasteiger partial charge on any atom is 0.309 e. The highest BCUT2D eigenvalue weighted by atomic mass is 79.9. The summed E-state index contributed by atoms with van der Waals surface area (Å²) in [6.45, 7) is 0.116. The topological polar surface area (TPSA) is 108 Å². The minimum Gasteiger partial charge on any atom is -0.482 e. The summed E-state index contributed by atoms with van der Waals surface area (Å²) in [7, 11) is 1.19. The highest BCUT2D eigenvalue weighted by Gasteiger charge is 2.82. The van der Waals surface area contributed by atoms with Gasteiger partial charge in [0.25, 0.3) is 11.4 Å². The predicted octanol–water partition coefficient (Wildman–Crippen LogP) is 6.23. The molecule has 9 nitrogen and oxygen atoms in total. The van der Waals surface area contributed by atoms with E-state index in [0.29, 0.717) is 21.3 Å². The van der Waals surface area contributed by atoms with Gasteiger partial charge in [0.15, 0.2) is 17.8 Å². The van der Waals surface area contributed by atoms with E-state index in [1.165, 1.54) is 30.2 Å². The number of carbonyl (C=O) groups is 2. The van der Waals surface area contributed by atoms with Gasteiger partial charge in [-0.3, -0.25) is 19.7 Å². The van der Waals surface area contributed by atoms with E-state index >= 15 is 9.18 Å². The lowest BCUT2D eigenvalue weighted by molar-refractivity contribution is -0.593. The Kier molecular flexibility index (Phi) is 6.97. The minimum absolute atomic E-state index is 0.116. The molecule has 0 unspecified atom stereocenters. The number of hydrogen-bond donors (Lipinski definition) is 0. The molecule has 0 bridgehead atoms. The third-order valence-corrected chi connectivity index (χ3v) is 9.55. The van der Waals surface area contributed by atoms with Crippen LogP contribution in [0.1, 0.15) is 40.7 Å². The Bertz CT molecular complexity index is 1840. The molecular formula is C34H26BrFN2O7. The molecule has 1 spiro atoms. The third-order valence-electron chi connectivity index (χ3n) is 9.06. The number of esters is 1. The number of nitro groups is 1. The molecule has 45 heavy (non-hydrogen) atoms. The first-order chi connectivity index (χ1) is 21.7. The number of amides is 1. The molecule has 1 amide bonds. The average Bonchev–Trinajstić information content (AvgIpc) is 3.49. The standard InChI is InChI=1S/C34H26BrFN2O7/c1-43-29(39)18-28-33(38(41)42)30(21-10-6-3-7-11-21)34(45-31(33)24-16-22(35)12-15-27(24)44-28)25-17-23(36)13-14-26(25)37(32(34)40)19-20-8-4-2-5-9-20/h2-17,28,30-31H,18-19H2,1H3/t28-,30+,31+,33-,34-/m1/s1. The van der Waals surface area contributed by atoms with Crippen molar-refractivity contribution in [2.45, 2.75) is 42.2 Å². The van der Waals surface area contributed by atoms with Crippen LogP contribution < -0.4 is 9.64 Å². The van der Waals surface area contributed by atoms with Crippen LogP contribution in [-0.2, 0) is 31.2 Å². The fourth-order valence-corrected chi connectivity index (χ4v) is 7.64. The number of fused-ring (bicyclic) bond motifs is 5. The fourth-order valence-electron chi connectivity index (χ4n) is 7.26. The van der Waals surface area contributed by atoms with E-state index in [4.69, 9.17) is 14.2 Å². The summed E-state index contributed by atoms with van der Waals surface area (Å²) in [5.41, 5.74) is -2.22. The minimum atomic E-state index is -2.23. The van der Waals surface area contributed by atoms with E-state index in [2.05, 4.69) is 15.9 Å². The second kappa shape index (κ2) is 10.8. The Morgan fingerprint density at radius 2 is 1.76 bits per heavy atom. The number of anilines is 1. The van der Waals surface area contributed by atoms with Crippen LogP contribution in [0.2, 0.25) is 0 Å². The van der Waals surface area contributed by atoms with Crippen LogP contribution in [-0.4, -0.2) is 35.6 Å². The number of ether oxygens (including phenoxy) is 3.